The molecule has 0 bridgehead atoms. The Hall–Kier alpha value is -2.15. The fourth-order valence-corrected chi connectivity index (χ4v) is 2.01. The van der Waals surface area contributed by atoms with Crippen LogP contribution in [0.1, 0.15) is 30.0 Å². The van der Waals surface area contributed by atoms with Gasteiger partial charge in [-0.15, -0.1) is 10.2 Å². The molecule has 1 amide bonds. The lowest BCUT2D eigenvalue weighted by Gasteiger charge is -2.09. The van der Waals surface area contributed by atoms with Crippen LogP contribution in [0.3, 0.4) is 0 Å². The van der Waals surface area contributed by atoms with Crippen molar-refractivity contribution in [1.29, 1.82) is 0 Å². The Morgan fingerprint density at radius 3 is 2.95 bits per heavy atom. The van der Waals surface area contributed by atoms with Gasteiger partial charge < -0.3 is 15.2 Å². The predicted molar refractivity (Wildman–Crippen MR) is 80.3 cm³/mol. The van der Waals surface area contributed by atoms with Crippen LogP contribution in [0.15, 0.2) is 18.6 Å². The molecule has 2 heterocycles. The highest BCUT2D eigenvalue weighted by Crippen LogP contribution is 2.18. The SMILES string of the molecule is CCNc1cc(C(=O)NCc2nncn2CC)c(Cl)cn1. The molecule has 0 aromatic carbocycles. The van der Waals surface area contributed by atoms with Gasteiger partial charge in [0.25, 0.3) is 5.91 Å². The third-order valence-electron chi connectivity index (χ3n) is 2.90. The molecular formula is C13H17ClN6O. The van der Waals surface area contributed by atoms with E-state index in [9.17, 15) is 4.79 Å². The zero-order chi connectivity index (χ0) is 15.2. The lowest BCUT2D eigenvalue weighted by Crippen LogP contribution is -2.25. The number of rotatable bonds is 6. The number of halogens is 1. The summed E-state index contributed by atoms with van der Waals surface area (Å²) in [6.45, 7) is 5.70. The Balaban J connectivity index is 2.08. The second-order valence-electron chi connectivity index (χ2n) is 4.30. The summed E-state index contributed by atoms with van der Waals surface area (Å²) in [6, 6.07) is 1.63. The van der Waals surface area contributed by atoms with E-state index >= 15 is 0 Å². The molecule has 2 aromatic rings. The molecule has 0 saturated carbocycles. The number of amides is 1. The summed E-state index contributed by atoms with van der Waals surface area (Å²) in [7, 11) is 0. The molecule has 0 aliphatic carbocycles. The molecule has 0 saturated heterocycles. The van der Waals surface area contributed by atoms with Gasteiger partial charge in [0.1, 0.15) is 12.1 Å². The quantitative estimate of drug-likeness (QED) is 0.848. The molecule has 0 radical (unpaired) electrons. The second kappa shape index (κ2) is 7.03. The normalized spacial score (nSPS) is 10.4. The van der Waals surface area contributed by atoms with Gasteiger partial charge >= 0.3 is 0 Å². The minimum atomic E-state index is -0.271. The maximum atomic E-state index is 12.2. The van der Waals surface area contributed by atoms with Crippen LogP contribution >= 0.6 is 11.6 Å². The molecule has 0 atom stereocenters. The highest BCUT2D eigenvalue weighted by atomic mass is 35.5. The van der Waals surface area contributed by atoms with E-state index in [1.54, 1.807) is 12.4 Å². The minimum Gasteiger partial charge on any atom is -0.370 e. The van der Waals surface area contributed by atoms with Crippen LogP contribution in [0, 0.1) is 0 Å². The van der Waals surface area contributed by atoms with Gasteiger partial charge in [-0.2, -0.15) is 0 Å². The Morgan fingerprint density at radius 2 is 2.24 bits per heavy atom. The van der Waals surface area contributed by atoms with Crippen molar-refractivity contribution in [1.82, 2.24) is 25.1 Å². The van der Waals surface area contributed by atoms with Crippen molar-refractivity contribution in [2.45, 2.75) is 26.9 Å². The third kappa shape index (κ3) is 3.69. The minimum absolute atomic E-state index is 0.271. The molecule has 2 rings (SSSR count). The largest absolute Gasteiger partial charge is 0.370 e. The van der Waals surface area contributed by atoms with Crippen molar-refractivity contribution >= 4 is 23.3 Å². The van der Waals surface area contributed by atoms with Crippen LogP contribution in [0.4, 0.5) is 5.82 Å². The Bertz CT molecular complexity index is 627. The zero-order valence-electron chi connectivity index (χ0n) is 11.9. The molecule has 7 nitrogen and oxygen atoms in total. The maximum absolute atomic E-state index is 12.2. The number of hydrogen-bond donors (Lipinski definition) is 2. The van der Waals surface area contributed by atoms with Gasteiger partial charge in [-0.25, -0.2) is 4.98 Å². The number of hydrogen-bond acceptors (Lipinski definition) is 5. The van der Waals surface area contributed by atoms with Gasteiger partial charge in [0.2, 0.25) is 0 Å². The predicted octanol–water partition coefficient (Wildman–Crippen LogP) is 1.71. The van der Waals surface area contributed by atoms with Crippen molar-refractivity contribution in [3.63, 3.8) is 0 Å². The standard InChI is InChI=1S/C13H17ClN6O/c1-3-15-11-5-9(10(14)6-16-11)13(21)17-7-12-19-18-8-20(12)4-2/h5-6,8H,3-4,7H2,1-2H3,(H,15,16)(H,17,21). The molecular weight excluding hydrogens is 292 g/mol. The molecule has 2 N–H and O–H groups in total. The van der Waals surface area contributed by atoms with E-state index in [4.69, 9.17) is 11.6 Å². The van der Waals surface area contributed by atoms with Crippen LogP contribution in [-0.4, -0.2) is 32.2 Å². The highest BCUT2D eigenvalue weighted by molar-refractivity contribution is 6.33. The first-order valence-electron chi connectivity index (χ1n) is 6.70. The Morgan fingerprint density at radius 1 is 1.43 bits per heavy atom. The summed E-state index contributed by atoms with van der Waals surface area (Å²) in [6.07, 6.45) is 3.09. The van der Waals surface area contributed by atoms with Crippen LogP contribution in [0.25, 0.3) is 0 Å². The summed E-state index contributed by atoms with van der Waals surface area (Å²) < 4.78 is 1.86. The fraction of sp³-hybridized carbons (Fsp3) is 0.385. The number of carbonyl (C=O) groups is 1. The molecule has 0 fully saturated rings. The van der Waals surface area contributed by atoms with Gasteiger partial charge in [0.05, 0.1) is 17.1 Å². The first-order valence-corrected chi connectivity index (χ1v) is 7.07. The van der Waals surface area contributed by atoms with Crippen LogP contribution < -0.4 is 10.6 Å². The third-order valence-corrected chi connectivity index (χ3v) is 3.20. The van der Waals surface area contributed by atoms with E-state index in [0.29, 0.717) is 28.8 Å². The average molecular weight is 309 g/mol. The summed E-state index contributed by atoms with van der Waals surface area (Å²) in [4.78, 5) is 16.3. The monoisotopic (exact) mass is 308 g/mol. The van der Waals surface area contributed by atoms with Gasteiger partial charge in [-0.3, -0.25) is 4.79 Å². The summed E-state index contributed by atoms with van der Waals surface area (Å²) in [5.41, 5.74) is 0.380. The van der Waals surface area contributed by atoms with Crippen molar-refractivity contribution in [2.24, 2.45) is 0 Å². The van der Waals surface area contributed by atoms with E-state index in [0.717, 1.165) is 13.1 Å². The molecule has 21 heavy (non-hydrogen) atoms. The maximum Gasteiger partial charge on any atom is 0.253 e. The van der Waals surface area contributed by atoms with E-state index in [2.05, 4.69) is 25.8 Å². The molecule has 112 valence electrons. The van der Waals surface area contributed by atoms with Gasteiger partial charge in [-0.1, -0.05) is 11.6 Å². The fourth-order valence-electron chi connectivity index (χ4n) is 1.82. The molecule has 0 aliphatic heterocycles. The van der Waals surface area contributed by atoms with E-state index in [1.807, 2.05) is 18.4 Å². The van der Waals surface area contributed by atoms with Crippen LogP contribution in [-0.2, 0) is 13.1 Å². The average Bonchev–Trinajstić information content (AvgIpc) is 2.94. The number of anilines is 1. The number of nitrogens with zero attached hydrogens (tertiary/aromatic N) is 4. The Kier molecular flexibility index (Phi) is 5.10. The van der Waals surface area contributed by atoms with E-state index in [-0.39, 0.29) is 5.91 Å². The van der Waals surface area contributed by atoms with Crippen LogP contribution in [0.2, 0.25) is 5.02 Å². The van der Waals surface area contributed by atoms with Crippen molar-refractivity contribution in [2.75, 3.05) is 11.9 Å². The lowest BCUT2D eigenvalue weighted by atomic mass is 10.2. The van der Waals surface area contributed by atoms with Crippen molar-refractivity contribution < 1.29 is 4.79 Å². The smallest absolute Gasteiger partial charge is 0.253 e. The molecule has 0 spiro atoms. The number of carbonyl (C=O) groups excluding carboxylic acids is 1. The number of nitrogens with one attached hydrogen (secondary N) is 2. The lowest BCUT2D eigenvalue weighted by molar-refractivity contribution is 0.0949. The highest BCUT2D eigenvalue weighted by Gasteiger charge is 2.13. The first-order chi connectivity index (χ1) is 10.2. The number of aryl methyl sites for hydroxylation is 1. The first kappa shape index (κ1) is 15.2. The Labute approximate surface area is 127 Å². The van der Waals surface area contributed by atoms with Gasteiger partial charge in [0.15, 0.2) is 5.82 Å². The topological polar surface area (TPSA) is 84.7 Å². The molecule has 8 heteroatoms. The summed E-state index contributed by atoms with van der Waals surface area (Å²) >= 11 is 6.03. The second-order valence-corrected chi connectivity index (χ2v) is 4.70. The van der Waals surface area contributed by atoms with E-state index < -0.39 is 0 Å². The summed E-state index contributed by atoms with van der Waals surface area (Å²) in [5.74, 6) is 1.04. The zero-order valence-corrected chi connectivity index (χ0v) is 12.7. The van der Waals surface area contributed by atoms with E-state index in [1.165, 1.54) is 6.20 Å². The number of aromatic nitrogens is 4. The van der Waals surface area contributed by atoms with Crippen molar-refractivity contribution in [3.05, 3.63) is 35.0 Å². The molecule has 0 unspecified atom stereocenters. The molecule has 0 aliphatic rings. The summed E-state index contributed by atoms with van der Waals surface area (Å²) in [5, 5.41) is 13.9. The van der Waals surface area contributed by atoms with Crippen LogP contribution in [0.5, 0.6) is 0 Å². The van der Waals surface area contributed by atoms with Crippen molar-refractivity contribution in [3.8, 4) is 0 Å². The number of pyridine rings is 1. The van der Waals surface area contributed by atoms with Gasteiger partial charge in [0, 0.05) is 19.3 Å². The van der Waals surface area contributed by atoms with Gasteiger partial charge in [-0.05, 0) is 19.9 Å². The molecule has 2 aromatic heterocycles.